The highest BCUT2D eigenvalue weighted by molar-refractivity contribution is 9.10. The van der Waals surface area contributed by atoms with Crippen molar-refractivity contribution in [2.75, 3.05) is 6.54 Å². The van der Waals surface area contributed by atoms with E-state index in [4.69, 9.17) is 11.6 Å². The third-order valence-corrected chi connectivity index (χ3v) is 3.23. The fourth-order valence-corrected chi connectivity index (χ4v) is 2.34. The van der Waals surface area contributed by atoms with Gasteiger partial charge in [0.05, 0.1) is 5.70 Å². The highest BCUT2D eigenvalue weighted by Gasteiger charge is 2.19. The van der Waals surface area contributed by atoms with E-state index in [1.165, 1.54) is 17.3 Å². The van der Waals surface area contributed by atoms with Gasteiger partial charge in [-0.15, -0.1) is 0 Å². The topological polar surface area (TPSA) is 67.3 Å². The van der Waals surface area contributed by atoms with E-state index in [0.29, 0.717) is 0 Å². The molecule has 0 aromatic heterocycles. The standard InChI is InChI=1S/C11H15BrN4/c12-10-2-1-8-5-16(6-9(8)3-10)7-11(4-13)15-14/h1-4,15H,5-7,13-14H2/b11-4-. The van der Waals surface area contributed by atoms with Crippen LogP contribution in [0.4, 0.5) is 0 Å². The summed E-state index contributed by atoms with van der Waals surface area (Å²) in [6.07, 6.45) is 1.51. The Morgan fingerprint density at radius 2 is 2.19 bits per heavy atom. The van der Waals surface area contributed by atoms with Gasteiger partial charge in [-0.05, 0) is 23.3 Å². The zero-order valence-corrected chi connectivity index (χ0v) is 10.5. The van der Waals surface area contributed by atoms with Gasteiger partial charge in [0.1, 0.15) is 0 Å². The van der Waals surface area contributed by atoms with Crippen molar-refractivity contribution >= 4 is 15.9 Å². The minimum absolute atomic E-state index is 0.749. The van der Waals surface area contributed by atoms with Crippen molar-refractivity contribution in [3.63, 3.8) is 0 Å². The van der Waals surface area contributed by atoms with Gasteiger partial charge >= 0.3 is 0 Å². The number of nitrogens with zero attached hydrogens (tertiary/aromatic N) is 1. The van der Waals surface area contributed by atoms with Gasteiger partial charge in [-0.3, -0.25) is 10.7 Å². The van der Waals surface area contributed by atoms with Crippen molar-refractivity contribution < 1.29 is 0 Å². The first-order valence-corrected chi connectivity index (χ1v) is 5.89. The molecule has 1 aromatic carbocycles. The molecule has 0 unspecified atom stereocenters. The zero-order valence-electron chi connectivity index (χ0n) is 8.91. The van der Waals surface area contributed by atoms with E-state index < -0.39 is 0 Å². The lowest BCUT2D eigenvalue weighted by Crippen LogP contribution is -2.31. The van der Waals surface area contributed by atoms with Crippen LogP contribution in [0.2, 0.25) is 0 Å². The predicted molar refractivity (Wildman–Crippen MR) is 67.8 cm³/mol. The summed E-state index contributed by atoms with van der Waals surface area (Å²) in [5, 5.41) is 0. The molecule has 0 bridgehead atoms. The van der Waals surface area contributed by atoms with E-state index in [1.807, 2.05) is 0 Å². The Hall–Kier alpha value is -1.04. The number of hydrogen-bond acceptors (Lipinski definition) is 4. The molecule has 1 aliphatic rings. The number of nitrogens with one attached hydrogen (secondary N) is 1. The molecule has 0 atom stereocenters. The minimum Gasteiger partial charge on any atom is -0.403 e. The van der Waals surface area contributed by atoms with Crippen LogP contribution in [0.5, 0.6) is 0 Å². The summed E-state index contributed by atoms with van der Waals surface area (Å²) in [4.78, 5) is 2.29. The average molecular weight is 283 g/mol. The van der Waals surface area contributed by atoms with Gasteiger partial charge in [0.25, 0.3) is 0 Å². The maximum absolute atomic E-state index is 5.45. The van der Waals surface area contributed by atoms with Crippen molar-refractivity contribution in [2.24, 2.45) is 11.6 Å². The molecule has 4 nitrogen and oxygen atoms in total. The number of fused-ring (bicyclic) bond motifs is 1. The Labute approximate surface area is 103 Å². The van der Waals surface area contributed by atoms with Crippen LogP contribution < -0.4 is 17.0 Å². The smallest absolute Gasteiger partial charge is 0.0554 e. The van der Waals surface area contributed by atoms with Gasteiger partial charge in [0.2, 0.25) is 0 Å². The number of benzene rings is 1. The third-order valence-electron chi connectivity index (χ3n) is 2.74. The quantitative estimate of drug-likeness (QED) is 0.572. The van der Waals surface area contributed by atoms with Crippen molar-refractivity contribution in [1.29, 1.82) is 0 Å². The van der Waals surface area contributed by atoms with E-state index in [-0.39, 0.29) is 0 Å². The van der Waals surface area contributed by atoms with Crippen LogP contribution in [0.1, 0.15) is 11.1 Å². The average Bonchev–Trinajstić information content (AvgIpc) is 2.67. The molecule has 1 aliphatic heterocycles. The molecule has 0 spiro atoms. The van der Waals surface area contributed by atoms with E-state index >= 15 is 0 Å². The normalized spacial score (nSPS) is 16.2. The highest BCUT2D eigenvalue weighted by atomic mass is 79.9. The van der Waals surface area contributed by atoms with E-state index in [9.17, 15) is 0 Å². The summed E-state index contributed by atoms with van der Waals surface area (Å²) >= 11 is 3.48. The van der Waals surface area contributed by atoms with Crippen LogP contribution in [0.15, 0.2) is 34.6 Å². The van der Waals surface area contributed by atoms with Crippen molar-refractivity contribution in [3.8, 4) is 0 Å². The maximum Gasteiger partial charge on any atom is 0.0554 e. The van der Waals surface area contributed by atoms with Crippen LogP contribution in [0, 0.1) is 0 Å². The SMILES string of the molecule is N/C=C(/CN1Cc2ccc(Br)cc2C1)NN. The van der Waals surface area contributed by atoms with Crippen LogP contribution in [-0.4, -0.2) is 11.4 Å². The Morgan fingerprint density at radius 3 is 2.88 bits per heavy atom. The Bertz CT molecular complexity index is 416. The third kappa shape index (κ3) is 2.37. The van der Waals surface area contributed by atoms with Crippen molar-refractivity contribution in [2.45, 2.75) is 13.1 Å². The molecular weight excluding hydrogens is 268 g/mol. The predicted octanol–water partition coefficient (Wildman–Crippen LogP) is 1.03. The molecule has 1 heterocycles. The lowest BCUT2D eigenvalue weighted by atomic mass is 10.1. The van der Waals surface area contributed by atoms with Crippen LogP contribution >= 0.6 is 15.9 Å². The second kappa shape index (κ2) is 4.86. The second-order valence-corrected chi connectivity index (χ2v) is 4.81. The number of nitrogens with two attached hydrogens (primary N) is 2. The van der Waals surface area contributed by atoms with Crippen LogP contribution in [-0.2, 0) is 13.1 Å². The number of halogens is 1. The largest absolute Gasteiger partial charge is 0.403 e. The fraction of sp³-hybridized carbons (Fsp3) is 0.273. The molecule has 0 radical (unpaired) electrons. The Morgan fingerprint density at radius 1 is 1.44 bits per heavy atom. The van der Waals surface area contributed by atoms with E-state index in [0.717, 1.165) is 29.8 Å². The summed E-state index contributed by atoms with van der Waals surface area (Å²) < 4.78 is 1.12. The van der Waals surface area contributed by atoms with Gasteiger partial charge in [0.15, 0.2) is 0 Å². The maximum atomic E-state index is 5.45. The Balaban J connectivity index is 2.05. The summed E-state index contributed by atoms with van der Waals surface area (Å²) in [6.45, 7) is 2.63. The molecule has 2 rings (SSSR count). The summed E-state index contributed by atoms with van der Waals surface area (Å²) in [5.41, 5.74) is 11.6. The molecule has 0 saturated carbocycles. The lowest BCUT2D eigenvalue weighted by Gasteiger charge is -2.16. The van der Waals surface area contributed by atoms with Crippen molar-refractivity contribution in [1.82, 2.24) is 10.3 Å². The van der Waals surface area contributed by atoms with Gasteiger partial charge in [-0.1, -0.05) is 22.0 Å². The Kier molecular flexibility index (Phi) is 3.48. The first-order valence-electron chi connectivity index (χ1n) is 5.10. The number of hydrogen-bond donors (Lipinski definition) is 3. The minimum atomic E-state index is 0.749. The fourth-order valence-electron chi connectivity index (χ4n) is 1.93. The van der Waals surface area contributed by atoms with E-state index in [1.54, 1.807) is 0 Å². The number of hydrazine groups is 1. The molecule has 16 heavy (non-hydrogen) atoms. The highest BCUT2D eigenvalue weighted by Crippen LogP contribution is 2.25. The van der Waals surface area contributed by atoms with Gasteiger partial charge in [0, 0.05) is 30.3 Å². The molecule has 0 aliphatic carbocycles. The molecule has 5 heteroatoms. The van der Waals surface area contributed by atoms with Gasteiger partial charge < -0.3 is 11.2 Å². The summed E-state index contributed by atoms with van der Waals surface area (Å²) in [5.74, 6) is 5.36. The van der Waals surface area contributed by atoms with E-state index in [2.05, 4.69) is 44.5 Å². The number of rotatable bonds is 3. The first kappa shape index (κ1) is 11.4. The monoisotopic (exact) mass is 282 g/mol. The zero-order chi connectivity index (χ0) is 11.5. The van der Waals surface area contributed by atoms with Crippen LogP contribution in [0.3, 0.4) is 0 Å². The first-order chi connectivity index (χ1) is 7.72. The summed E-state index contributed by atoms with van der Waals surface area (Å²) in [7, 11) is 0. The lowest BCUT2D eigenvalue weighted by molar-refractivity contribution is 0.303. The molecule has 1 aromatic rings. The molecule has 0 fully saturated rings. The molecule has 86 valence electrons. The van der Waals surface area contributed by atoms with Gasteiger partial charge in [-0.2, -0.15) is 0 Å². The molecular formula is C11H15BrN4. The molecule has 5 N–H and O–H groups in total. The molecule has 0 amide bonds. The van der Waals surface area contributed by atoms with Gasteiger partial charge in [-0.25, -0.2) is 0 Å². The second-order valence-electron chi connectivity index (χ2n) is 3.89. The van der Waals surface area contributed by atoms with Crippen LogP contribution in [0.25, 0.3) is 0 Å². The molecule has 0 saturated heterocycles. The summed E-state index contributed by atoms with van der Waals surface area (Å²) in [6, 6.07) is 6.39. The van der Waals surface area contributed by atoms with Crippen molar-refractivity contribution in [3.05, 3.63) is 45.7 Å².